The number of anilines is 1. The van der Waals surface area contributed by atoms with Gasteiger partial charge in [0.05, 0.1) is 19.7 Å². The molecule has 5 aromatic rings. The topological polar surface area (TPSA) is 69.7 Å². The van der Waals surface area contributed by atoms with E-state index < -0.39 is 0 Å². The number of rotatable bonds is 6. The molecule has 1 heterocycles. The summed E-state index contributed by atoms with van der Waals surface area (Å²) >= 11 is 5.95. The summed E-state index contributed by atoms with van der Waals surface area (Å²) in [6, 6.07) is 21.9. The lowest BCUT2D eigenvalue weighted by molar-refractivity contribution is 0.102. The summed E-state index contributed by atoms with van der Waals surface area (Å²) in [5.41, 5.74) is 2.89. The molecule has 0 spiro atoms. The first-order valence-electron chi connectivity index (χ1n) is 11.3. The van der Waals surface area contributed by atoms with Crippen LogP contribution in [0.25, 0.3) is 21.7 Å². The lowest BCUT2D eigenvalue weighted by Gasteiger charge is -2.15. The van der Waals surface area contributed by atoms with Crippen LogP contribution in [0.5, 0.6) is 23.0 Å². The number of pyridine rings is 1. The largest absolute Gasteiger partial charge is 0.493 e. The van der Waals surface area contributed by atoms with Gasteiger partial charge in [-0.25, -0.2) is 0 Å². The summed E-state index contributed by atoms with van der Waals surface area (Å²) < 4.78 is 17.2. The number of methoxy groups -OCH3 is 2. The normalized spacial score (nSPS) is 10.9. The number of benzene rings is 4. The third-order valence-electron chi connectivity index (χ3n) is 6.05. The van der Waals surface area contributed by atoms with Crippen molar-refractivity contribution in [2.45, 2.75) is 6.92 Å². The summed E-state index contributed by atoms with van der Waals surface area (Å²) in [6.45, 7) is 1.98. The molecule has 0 saturated carbocycles. The Morgan fingerprint density at radius 3 is 2.31 bits per heavy atom. The fourth-order valence-electron chi connectivity index (χ4n) is 4.18. The Morgan fingerprint density at radius 1 is 0.806 bits per heavy atom. The highest BCUT2D eigenvalue weighted by Gasteiger charge is 2.16. The molecule has 0 radical (unpaired) electrons. The zero-order chi connectivity index (χ0) is 25.2. The number of hydrogen-bond acceptors (Lipinski definition) is 5. The summed E-state index contributed by atoms with van der Waals surface area (Å²) in [5.74, 6) is 2.31. The molecule has 0 atom stereocenters. The van der Waals surface area contributed by atoms with Gasteiger partial charge in [0.25, 0.3) is 5.91 Å². The van der Waals surface area contributed by atoms with E-state index in [9.17, 15) is 4.79 Å². The van der Waals surface area contributed by atoms with Gasteiger partial charge in [0.1, 0.15) is 11.5 Å². The number of nitrogens with zero attached hydrogens (tertiary/aromatic N) is 1. The summed E-state index contributed by atoms with van der Waals surface area (Å²) in [6.07, 6.45) is 1.69. The quantitative estimate of drug-likeness (QED) is 0.264. The van der Waals surface area contributed by atoms with Gasteiger partial charge in [-0.15, -0.1) is 0 Å². The van der Waals surface area contributed by atoms with Crippen molar-refractivity contribution in [2.24, 2.45) is 0 Å². The molecule has 6 nitrogen and oxygen atoms in total. The van der Waals surface area contributed by atoms with E-state index in [4.69, 9.17) is 25.8 Å². The van der Waals surface area contributed by atoms with Crippen LogP contribution in [0.15, 0.2) is 79.0 Å². The zero-order valence-electron chi connectivity index (χ0n) is 20.0. The third-order valence-corrected chi connectivity index (χ3v) is 6.31. The SMILES string of the molecule is COc1cc2nccc(Oc3ccc4c(C(=O)Nc5ccc(Cl)cc5)cccc4c3C)c2cc1OC. The molecule has 0 aliphatic heterocycles. The highest BCUT2D eigenvalue weighted by molar-refractivity contribution is 6.30. The predicted molar refractivity (Wildman–Crippen MR) is 143 cm³/mol. The zero-order valence-corrected chi connectivity index (χ0v) is 20.7. The van der Waals surface area contributed by atoms with Gasteiger partial charge in [-0.3, -0.25) is 9.78 Å². The predicted octanol–water partition coefficient (Wildman–Crippen LogP) is 7.41. The number of aromatic nitrogens is 1. The standard InChI is InChI=1S/C29H23ClN2O4/c1-17-20-5-4-6-22(29(33)32-19-9-7-18(30)8-10-19)21(20)11-12-25(17)36-26-13-14-31-24-16-28(35-3)27(34-2)15-23(24)26/h4-16H,1-3H3,(H,32,33). The molecule has 0 fully saturated rings. The van der Waals surface area contributed by atoms with Crippen LogP contribution in [0.1, 0.15) is 15.9 Å². The Morgan fingerprint density at radius 2 is 1.56 bits per heavy atom. The highest BCUT2D eigenvalue weighted by atomic mass is 35.5. The number of amides is 1. The molecule has 4 aromatic carbocycles. The lowest BCUT2D eigenvalue weighted by Crippen LogP contribution is -2.12. The molecule has 1 amide bonds. The Labute approximate surface area is 213 Å². The molecule has 0 unspecified atom stereocenters. The smallest absolute Gasteiger partial charge is 0.256 e. The van der Waals surface area contributed by atoms with Crippen LogP contribution < -0.4 is 19.5 Å². The molecule has 180 valence electrons. The van der Waals surface area contributed by atoms with Gasteiger partial charge in [-0.05, 0) is 77.9 Å². The first kappa shape index (κ1) is 23.5. The average molecular weight is 499 g/mol. The first-order valence-corrected chi connectivity index (χ1v) is 11.6. The van der Waals surface area contributed by atoms with Crippen LogP contribution in [-0.4, -0.2) is 25.1 Å². The van der Waals surface area contributed by atoms with Crippen molar-refractivity contribution >= 4 is 44.9 Å². The number of nitrogens with one attached hydrogen (secondary N) is 1. The van der Waals surface area contributed by atoms with Crippen LogP contribution in [0, 0.1) is 6.92 Å². The number of carbonyl (C=O) groups is 1. The molecule has 5 rings (SSSR count). The van der Waals surface area contributed by atoms with E-state index in [2.05, 4.69) is 10.3 Å². The first-order chi connectivity index (χ1) is 17.5. The van der Waals surface area contributed by atoms with Gasteiger partial charge in [0.15, 0.2) is 11.5 Å². The minimum absolute atomic E-state index is 0.197. The van der Waals surface area contributed by atoms with Crippen molar-refractivity contribution in [1.29, 1.82) is 0 Å². The van der Waals surface area contributed by atoms with Crippen molar-refractivity contribution in [3.05, 3.63) is 95.1 Å². The highest BCUT2D eigenvalue weighted by Crippen LogP contribution is 2.38. The van der Waals surface area contributed by atoms with Crippen molar-refractivity contribution < 1.29 is 19.0 Å². The second kappa shape index (κ2) is 9.76. The number of fused-ring (bicyclic) bond motifs is 2. The van der Waals surface area contributed by atoms with Crippen molar-refractivity contribution in [1.82, 2.24) is 4.98 Å². The van der Waals surface area contributed by atoms with E-state index in [0.717, 1.165) is 27.2 Å². The van der Waals surface area contributed by atoms with Gasteiger partial charge < -0.3 is 19.5 Å². The van der Waals surface area contributed by atoms with E-state index in [0.29, 0.717) is 39.3 Å². The van der Waals surface area contributed by atoms with Crippen molar-refractivity contribution in [3.8, 4) is 23.0 Å². The van der Waals surface area contributed by atoms with Crippen LogP contribution in [0.3, 0.4) is 0 Å². The number of aryl methyl sites for hydroxylation is 1. The Hall–Kier alpha value is -4.29. The molecule has 0 aliphatic rings. The molecule has 0 bridgehead atoms. The minimum atomic E-state index is -0.197. The van der Waals surface area contributed by atoms with E-state index in [1.165, 1.54) is 0 Å². The summed E-state index contributed by atoms with van der Waals surface area (Å²) in [7, 11) is 3.18. The van der Waals surface area contributed by atoms with Crippen LogP contribution >= 0.6 is 11.6 Å². The Kier molecular flexibility index (Phi) is 6.36. The Bertz CT molecular complexity index is 1600. The van der Waals surface area contributed by atoms with Crippen LogP contribution in [0.2, 0.25) is 5.02 Å². The van der Waals surface area contributed by atoms with Gasteiger partial charge in [-0.1, -0.05) is 23.7 Å². The molecule has 0 saturated heterocycles. The Balaban J connectivity index is 1.51. The van der Waals surface area contributed by atoms with Crippen LogP contribution in [-0.2, 0) is 0 Å². The van der Waals surface area contributed by atoms with E-state index >= 15 is 0 Å². The monoisotopic (exact) mass is 498 g/mol. The van der Waals surface area contributed by atoms with E-state index in [1.54, 1.807) is 44.7 Å². The second-order valence-corrected chi connectivity index (χ2v) is 8.62. The lowest BCUT2D eigenvalue weighted by atomic mass is 9.99. The van der Waals surface area contributed by atoms with Crippen molar-refractivity contribution in [3.63, 3.8) is 0 Å². The molecule has 0 aliphatic carbocycles. The number of carbonyl (C=O) groups excluding carboxylic acids is 1. The van der Waals surface area contributed by atoms with E-state index in [-0.39, 0.29) is 5.91 Å². The molecular weight excluding hydrogens is 476 g/mol. The molecule has 1 N–H and O–H groups in total. The summed E-state index contributed by atoms with van der Waals surface area (Å²) in [5, 5.41) is 6.10. The number of hydrogen-bond donors (Lipinski definition) is 1. The fraction of sp³-hybridized carbons (Fsp3) is 0.103. The number of ether oxygens (including phenoxy) is 3. The van der Waals surface area contributed by atoms with Crippen molar-refractivity contribution in [2.75, 3.05) is 19.5 Å². The third kappa shape index (κ3) is 4.39. The second-order valence-electron chi connectivity index (χ2n) is 8.19. The maximum absolute atomic E-state index is 13.1. The number of halogens is 1. The molecule has 36 heavy (non-hydrogen) atoms. The summed E-state index contributed by atoms with van der Waals surface area (Å²) in [4.78, 5) is 17.5. The van der Waals surface area contributed by atoms with Gasteiger partial charge in [0.2, 0.25) is 0 Å². The van der Waals surface area contributed by atoms with Gasteiger partial charge >= 0.3 is 0 Å². The molecular formula is C29H23ClN2O4. The maximum Gasteiger partial charge on any atom is 0.256 e. The van der Waals surface area contributed by atoms with E-state index in [1.807, 2.05) is 55.5 Å². The minimum Gasteiger partial charge on any atom is -0.493 e. The maximum atomic E-state index is 13.1. The van der Waals surface area contributed by atoms with Gasteiger partial charge in [0, 0.05) is 33.9 Å². The molecule has 7 heteroatoms. The molecule has 1 aromatic heterocycles. The van der Waals surface area contributed by atoms with Gasteiger partial charge in [-0.2, -0.15) is 0 Å². The fourth-order valence-corrected chi connectivity index (χ4v) is 4.31. The average Bonchev–Trinajstić information content (AvgIpc) is 2.90. The van der Waals surface area contributed by atoms with Crippen LogP contribution in [0.4, 0.5) is 5.69 Å².